The van der Waals surface area contributed by atoms with E-state index in [4.69, 9.17) is 4.74 Å². The average Bonchev–Trinajstić information content (AvgIpc) is 3.14. The van der Waals surface area contributed by atoms with Crippen molar-refractivity contribution in [2.75, 3.05) is 13.1 Å². The van der Waals surface area contributed by atoms with Gasteiger partial charge in [-0.25, -0.2) is 13.4 Å². The molecule has 3 heterocycles. The minimum Gasteiger partial charge on any atom is -0.491 e. The molecular formula is C24H27N3O4S. The van der Waals surface area contributed by atoms with Crippen molar-refractivity contribution in [3.05, 3.63) is 59.9 Å². The number of aldehydes is 1. The Morgan fingerprint density at radius 3 is 2.72 bits per heavy atom. The zero-order chi connectivity index (χ0) is 22.9. The Kier molecular flexibility index (Phi) is 6.17. The maximum absolute atomic E-state index is 13.2. The molecule has 1 aliphatic rings. The van der Waals surface area contributed by atoms with Gasteiger partial charge in [-0.15, -0.1) is 0 Å². The minimum atomic E-state index is -3.61. The van der Waals surface area contributed by atoms with Crippen LogP contribution in [0.2, 0.25) is 0 Å². The number of hydrogen-bond acceptors (Lipinski definition) is 5. The van der Waals surface area contributed by atoms with E-state index in [2.05, 4.69) is 4.98 Å². The second-order valence-electron chi connectivity index (χ2n) is 8.17. The third-order valence-corrected chi connectivity index (χ3v) is 7.43. The zero-order valence-corrected chi connectivity index (χ0v) is 19.3. The van der Waals surface area contributed by atoms with Crippen molar-refractivity contribution < 1.29 is 17.9 Å². The summed E-state index contributed by atoms with van der Waals surface area (Å²) in [7, 11) is -3.61. The highest BCUT2D eigenvalue weighted by Crippen LogP contribution is 2.32. The first-order valence-corrected chi connectivity index (χ1v) is 12.1. The molecule has 0 N–H and O–H groups in total. The van der Waals surface area contributed by atoms with E-state index < -0.39 is 10.0 Å². The molecule has 2 aromatic heterocycles. The summed E-state index contributed by atoms with van der Waals surface area (Å²) in [5.41, 5.74) is 3.61. The Labute approximate surface area is 188 Å². The van der Waals surface area contributed by atoms with Crippen LogP contribution in [0.15, 0.2) is 53.7 Å². The van der Waals surface area contributed by atoms with Crippen molar-refractivity contribution in [1.29, 1.82) is 0 Å². The van der Waals surface area contributed by atoms with Gasteiger partial charge in [0.05, 0.1) is 17.5 Å². The summed E-state index contributed by atoms with van der Waals surface area (Å²) in [6, 6.07) is 8.85. The van der Waals surface area contributed by atoms with Gasteiger partial charge in [0.1, 0.15) is 17.7 Å². The normalized spacial score (nSPS) is 15.2. The summed E-state index contributed by atoms with van der Waals surface area (Å²) < 4.78 is 35.5. The number of carbonyl (C=O) groups is 1. The minimum absolute atomic E-state index is 0.0227. The number of fused-ring (bicyclic) bond motifs is 1. The van der Waals surface area contributed by atoms with Crippen molar-refractivity contribution in [3.8, 4) is 5.75 Å². The monoisotopic (exact) mass is 453 g/mol. The van der Waals surface area contributed by atoms with E-state index in [-0.39, 0.29) is 17.5 Å². The molecule has 168 valence electrons. The molecule has 1 aromatic carbocycles. The van der Waals surface area contributed by atoms with Gasteiger partial charge in [-0.2, -0.15) is 4.31 Å². The second-order valence-corrected chi connectivity index (χ2v) is 10.1. The summed E-state index contributed by atoms with van der Waals surface area (Å²) in [5, 5.41) is 0.966. The van der Waals surface area contributed by atoms with Crippen LogP contribution in [-0.4, -0.2) is 47.8 Å². The molecule has 32 heavy (non-hydrogen) atoms. The fourth-order valence-corrected chi connectivity index (χ4v) is 5.50. The van der Waals surface area contributed by atoms with Gasteiger partial charge < -0.3 is 14.1 Å². The molecule has 0 fully saturated rings. The molecule has 1 aliphatic heterocycles. The molecular weight excluding hydrogens is 426 g/mol. The van der Waals surface area contributed by atoms with Crippen LogP contribution < -0.4 is 4.74 Å². The summed E-state index contributed by atoms with van der Waals surface area (Å²) in [5.74, 6) is 0.695. The number of pyridine rings is 1. The molecule has 0 radical (unpaired) electrons. The van der Waals surface area contributed by atoms with Crippen molar-refractivity contribution in [2.45, 2.75) is 44.7 Å². The number of carbonyl (C=O) groups excluding carboxylic acids is 1. The maximum atomic E-state index is 13.2. The topological polar surface area (TPSA) is 81.5 Å². The Bertz CT molecular complexity index is 1290. The highest BCUT2D eigenvalue weighted by Gasteiger charge is 2.28. The average molecular weight is 454 g/mol. The number of sulfonamides is 1. The summed E-state index contributed by atoms with van der Waals surface area (Å²) in [4.78, 5) is 15.7. The van der Waals surface area contributed by atoms with Gasteiger partial charge in [0.2, 0.25) is 10.0 Å². The van der Waals surface area contributed by atoms with Crippen LogP contribution in [0.1, 0.15) is 31.4 Å². The second kappa shape index (κ2) is 8.88. The van der Waals surface area contributed by atoms with E-state index in [1.165, 1.54) is 4.31 Å². The molecule has 0 aliphatic carbocycles. The Morgan fingerprint density at radius 2 is 2.06 bits per heavy atom. The number of aryl methyl sites for hydroxylation is 1. The number of nitrogens with zero attached hydrogens (tertiary/aromatic N) is 3. The van der Waals surface area contributed by atoms with E-state index in [1.54, 1.807) is 24.4 Å². The van der Waals surface area contributed by atoms with Gasteiger partial charge in [-0.3, -0.25) is 0 Å². The predicted molar refractivity (Wildman–Crippen MR) is 124 cm³/mol. The zero-order valence-electron chi connectivity index (χ0n) is 18.5. The fraction of sp³-hybridized carbons (Fsp3) is 0.333. The van der Waals surface area contributed by atoms with E-state index >= 15 is 0 Å². The number of aromatic nitrogens is 2. The van der Waals surface area contributed by atoms with Crippen LogP contribution in [0, 0.1) is 6.92 Å². The SMILES string of the molecule is Cc1cc(S(=O)(=O)N2CC=C(c3cn(CC=O)c4ncccc34)CC2)ccc1OC(C)C. The first-order valence-electron chi connectivity index (χ1n) is 10.7. The fourth-order valence-electron chi connectivity index (χ4n) is 4.03. The molecule has 7 nitrogen and oxygen atoms in total. The third-order valence-electron chi connectivity index (χ3n) is 5.57. The molecule has 8 heteroatoms. The van der Waals surface area contributed by atoms with E-state index in [0.29, 0.717) is 25.3 Å². The van der Waals surface area contributed by atoms with Crippen LogP contribution >= 0.6 is 0 Å². The van der Waals surface area contributed by atoms with E-state index in [1.807, 2.05) is 49.7 Å². The molecule has 4 rings (SSSR count). The molecule has 0 spiro atoms. The first-order chi connectivity index (χ1) is 15.3. The molecule has 3 aromatic rings. The quantitative estimate of drug-likeness (QED) is 0.508. The molecule has 0 unspecified atom stereocenters. The number of benzene rings is 1. The molecule has 0 saturated carbocycles. The molecule has 0 saturated heterocycles. The Morgan fingerprint density at radius 1 is 1.25 bits per heavy atom. The number of rotatable bonds is 7. The predicted octanol–water partition coefficient (Wildman–Crippen LogP) is 3.81. The van der Waals surface area contributed by atoms with Crippen molar-refractivity contribution in [1.82, 2.24) is 13.9 Å². The standard InChI is InChI=1S/C24H27N3O4S/c1-17(2)31-23-7-6-20(15-18(23)3)32(29,30)27-11-8-19(9-12-27)22-16-26(13-14-28)24-21(22)5-4-10-25-24/h4-8,10,14-17H,9,11-13H2,1-3H3. The molecule has 0 atom stereocenters. The smallest absolute Gasteiger partial charge is 0.243 e. The molecule has 0 amide bonds. The van der Waals surface area contributed by atoms with Gasteiger partial charge >= 0.3 is 0 Å². The van der Waals surface area contributed by atoms with Gasteiger partial charge in [0.15, 0.2) is 0 Å². The van der Waals surface area contributed by atoms with Gasteiger partial charge in [0.25, 0.3) is 0 Å². The lowest BCUT2D eigenvalue weighted by atomic mass is 10.0. The van der Waals surface area contributed by atoms with Crippen LogP contribution in [0.3, 0.4) is 0 Å². The van der Waals surface area contributed by atoms with Crippen LogP contribution in [0.25, 0.3) is 16.6 Å². The number of hydrogen-bond donors (Lipinski definition) is 0. The highest BCUT2D eigenvalue weighted by atomic mass is 32.2. The summed E-state index contributed by atoms with van der Waals surface area (Å²) in [6.45, 7) is 6.65. The van der Waals surface area contributed by atoms with Gasteiger partial charge in [0, 0.05) is 36.4 Å². The first kappa shape index (κ1) is 22.2. The number of ether oxygens (including phenoxy) is 1. The summed E-state index contributed by atoms with van der Waals surface area (Å²) in [6.07, 6.45) is 7.05. The molecule has 0 bridgehead atoms. The lowest BCUT2D eigenvalue weighted by molar-refractivity contribution is -0.108. The Hall–Kier alpha value is -2.97. The van der Waals surface area contributed by atoms with Crippen LogP contribution in [0.5, 0.6) is 5.75 Å². The van der Waals surface area contributed by atoms with Crippen molar-refractivity contribution in [2.24, 2.45) is 0 Å². The largest absolute Gasteiger partial charge is 0.491 e. The Balaban J connectivity index is 1.59. The maximum Gasteiger partial charge on any atom is 0.243 e. The van der Waals surface area contributed by atoms with E-state index in [0.717, 1.165) is 34.0 Å². The van der Waals surface area contributed by atoms with Crippen molar-refractivity contribution in [3.63, 3.8) is 0 Å². The summed E-state index contributed by atoms with van der Waals surface area (Å²) >= 11 is 0. The highest BCUT2D eigenvalue weighted by molar-refractivity contribution is 7.89. The van der Waals surface area contributed by atoms with Gasteiger partial charge in [-0.05, 0) is 68.7 Å². The third kappa shape index (κ3) is 4.20. The van der Waals surface area contributed by atoms with Crippen LogP contribution in [-0.2, 0) is 21.4 Å². The lowest BCUT2D eigenvalue weighted by Gasteiger charge is -2.26. The van der Waals surface area contributed by atoms with E-state index in [9.17, 15) is 13.2 Å². The van der Waals surface area contributed by atoms with Crippen LogP contribution in [0.4, 0.5) is 0 Å². The lowest BCUT2D eigenvalue weighted by Crippen LogP contribution is -2.34. The van der Waals surface area contributed by atoms with Crippen molar-refractivity contribution >= 4 is 32.9 Å². The van der Waals surface area contributed by atoms with Gasteiger partial charge in [-0.1, -0.05) is 6.08 Å².